The smallest absolute Gasteiger partial charge is 0.344 e. The van der Waals surface area contributed by atoms with E-state index in [9.17, 15) is 19.2 Å². The van der Waals surface area contributed by atoms with Gasteiger partial charge in [-0.15, -0.1) is 0 Å². The molecule has 6 nitrogen and oxygen atoms in total. The lowest BCUT2D eigenvalue weighted by Gasteiger charge is -2.36. The van der Waals surface area contributed by atoms with Gasteiger partial charge < -0.3 is 9.47 Å². The molecule has 0 aromatic heterocycles. The maximum absolute atomic E-state index is 12.8. The molecule has 7 unspecified atom stereocenters. The Morgan fingerprint density at radius 2 is 1.72 bits per heavy atom. The van der Waals surface area contributed by atoms with E-state index in [0.29, 0.717) is 6.42 Å². The first-order valence-corrected chi connectivity index (χ1v) is 11.1. The molecule has 5 aliphatic rings. The van der Waals surface area contributed by atoms with Crippen molar-refractivity contribution >= 4 is 23.5 Å². The zero-order chi connectivity index (χ0) is 20.3. The average molecular weight is 400 g/mol. The van der Waals surface area contributed by atoms with Crippen molar-refractivity contribution in [2.45, 2.75) is 57.5 Å². The zero-order valence-electron chi connectivity index (χ0n) is 16.8. The fourth-order valence-electron chi connectivity index (χ4n) is 7.01. The van der Waals surface area contributed by atoms with Gasteiger partial charge in [-0.3, -0.25) is 14.4 Å². The molecule has 0 saturated heterocycles. The minimum absolute atomic E-state index is 0.0566. The van der Waals surface area contributed by atoms with Crippen molar-refractivity contribution in [3.8, 4) is 0 Å². The first kappa shape index (κ1) is 19.0. The summed E-state index contributed by atoms with van der Waals surface area (Å²) in [6.45, 7) is 1.62. The van der Waals surface area contributed by atoms with E-state index in [1.165, 1.54) is 0 Å². The number of carbonyl (C=O) groups excluding carboxylic acids is 4. The molecule has 0 heterocycles. The van der Waals surface area contributed by atoms with Crippen LogP contribution >= 0.6 is 0 Å². The summed E-state index contributed by atoms with van der Waals surface area (Å²) in [5, 5.41) is 0. The van der Waals surface area contributed by atoms with Crippen molar-refractivity contribution < 1.29 is 28.7 Å². The van der Waals surface area contributed by atoms with E-state index >= 15 is 0 Å². The van der Waals surface area contributed by atoms with Gasteiger partial charge in [-0.25, -0.2) is 4.79 Å². The van der Waals surface area contributed by atoms with Gasteiger partial charge in [0.25, 0.3) is 0 Å². The first-order valence-electron chi connectivity index (χ1n) is 11.1. The van der Waals surface area contributed by atoms with Crippen LogP contribution in [0.3, 0.4) is 0 Å². The highest BCUT2D eigenvalue weighted by Gasteiger charge is 2.69. The highest BCUT2D eigenvalue weighted by Crippen LogP contribution is 2.64. The maximum Gasteiger partial charge on any atom is 0.344 e. The maximum atomic E-state index is 12.8. The SMILES string of the molecule is CCC1(OC(=O)COC(=O)C2CC3C(=O)C2C2C4C=CC(C4=O)C32)CCCCC1. The van der Waals surface area contributed by atoms with Crippen LogP contribution in [0, 0.1) is 41.4 Å². The molecule has 0 radical (unpaired) electrons. The summed E-state index contributed by atoms with van der Waals surface area (Å²) < 4.78 is 11.0. The summed E-state index contributed by atoms with van der Waals surface area (Å²) in [4.78, 5) is 50.2. The summed E-state index contributed by atoms with van der Waals surface area (Å²) in [6, 6.07) is 0. The van der Waals surface area contributed by atoms with E-state index in [-0.39, 0.29) is 41.2 Å². The largest absolute Gasteiger partial charge is 0.457 e. The van der Waals surface area contributed by atoms with Crippen LogP contribution < -0.4 is 0 Å². The summed E-state index contributed by atoms with van der Waals surface area (Å²) >= 11 is 0. The molecule has 4 saturated carbocycles. The van der Waals surface area contributed by atoms with Crippen LogP contribution in [0.15, 0.2) is 12.2 Å². The fourth-order valence-corrected chi connectivity index (χ4v) is 7.01. The molecule has 0 aromatic carbocycles. The highest BCUT2D eigenvalue weighted by atomic mass is 16.6. The lowest BCUT2D eigenvalue weighted by Crippen LogP contribution is -2.39. The molecule has 0 amide bonds. The average Bonchev–Trinajstić information content (AvgIpc) is 3.43. The van der Waals surface area contributed by atoms with Gasteiger partial charge in [0.05, 0.1) is 5.92 Å². The predicted molar refractivity (Wildman–Crippen MR) is 101 cm³/mol. The Morgan fingerprint density at radius 1 is 1.03 bits per heavy atom. The summed E-state index contributed by atoms with van der Waals surface area (Å²) in [7, 11) is 0. The molecule has 4 bridgehead atoms. The standard InChI is InChI=1S/C23H28O6/c1-2-23(8-4-3-5-9-23)29-16(24)11-28-22(27)15-10-14-17-12-6-7-13(20(12)25)18(17)19(15)21(14)26/h6-7,12-15,17-19H,2-5,8-11H2,1H3. The van der Waals surface area contributed by atoms with Crippen LogP contribution in [0.2, 0.25) is 0 Å². The van der Waals surface area contributed by atoms with Crippen LogP contribution in [0.5, 0.6) is 0 Å². The number of esters is 2. The number of ether oxygens (including phenoxy) is 2. The molecule has 0 aromatic rings. The third-order valence-electron chi connectivity index (χ3n) is 8.35. The normalized spacial score (nSPS) is 40.9. The molecule has 0 N–H and O–H groups in total. The first-order chi connectivity index (χ1) is 14.0. The molecule has 6 heteroatoms. The number of allylic oxidation sites excluding steroid dienone is 2. The van der Waals surface area contributed by atoms with Crippen molar-refractivity contribution in [3.05, 3.63) is 12.2 Å². The summed E-state index contributed by atoms with van der Waals surface area (Å²) in [6.07, 6.45) is 10.0. The molecule has 29 heavy (non-hydrogen) atoms. The third kappa shape index (κ3) is 2.74. The Morgan fingerprint density at radius 3 is 2.41 bits per heavy atom. The lowest BCUT2D eigenvalue weighted by molar-refractivity contribution is -0.175. The minimum Gasteiger partial charge on any atom is -0.457 e. The number of Topliss-reactive ketones (excluding diaryl/α,β-unsaturated/α-hetero) is 2. The number of carbonyl (C=O) groups is 4. The predicted octanol–water partition coefficient (Wildman–Crippen LogP) is 2.64. The molecule has 4 fully saturated rings. The van der Waals surface area contributed by atoms with Crippen molar-refractivity contribution in [2.24, 2.45) is 41.4 Å². The number of ketones is 2. The second-order valence-electron chi connectivity index (χ2n) is 9.55. The van der Waals surface area contributed by atoms with E-state index < -0.39 is 36.0 Å². The van der Waals surface area contributed by atoms with Crippen LogP contribution in [-0.2, 0) is 28.7 Å². The summed E-state index contributed by atoms with van der Waals surface area (Å²) in [5.74, 6) is -2.21. The molecular formula is C23H28O6. The Labute approximate surface area is 170 Å². The molecule has 5 aliphatic carbocycles. The van der Waals surface area contributed by atoms with E-state index in [1.54, 1.807) is 0 Å². The van der Waals surface area contributed by atoms with Gasteiger partial charge in [0.15, 0.2) is 6.61 Å². The van der Waals surface area contributed by atoms with E-state index in [4.69, 9.17) is 9.47 Å². The van der Waals surface area contributed by atoms with E-state index in [1.807, 2.05) is 19.1 Å². The molecule has 5 rings (SSSR count). The van der Waals surface area contributed by atoms with Crippen molar-refractivity contribution in [1.29, 1.82) is 0 Å². The Hall–Kier alpha value is -1.98. The Balaban J connectivity index is 1.20. The number of rotatable bonds is 5. The van der Waals surface area contributed by atoms with Crippen molar-refractivity contribution in [2.75, 3.05) is 6.61 Å². The molecule has 156 valence electrons. The second-order valence-corrected chi connectivity index (χ2v) is 9.55. The van der Waals surface area contributed by atoms with Crippen molar-refractivity contribution in [3.63, 3.8) is 0 Å². The highest BCUT2D eigenvalue weighted by molar-refractivity contribution is 6.01. The Kier molecular flexibility index (Phi) is 4.44. The van der Waals surface area contributed by atoms with Crippen LogP contribution in [0.25, 0.3) is 0 Å². The van der Waals surface area contributed by atoms with Crippen LogP contribution in [0.1, 0.15) is 51.9 Å². The number of hydrogen-bond donors (Lipinski definition) is 0. The van der Waals surface area contributed by atoms with Crippen molar-refractivity contribution in [1.82, 2.24) is 0 Å². The quantitative estimate of drug-likeness (QED) is 0.401. The molecule has 0 spiro atoms. The lowest BCUT2D eigenvalue weighted by atomic mass is 9.69. The minimum atomic E-state index is -0.531. The van der Waals surface area contributed by atoms with Crippen LogP contribution in [0.4, 0.5) is 0 Å². The van der Waals surface area contributed by atoms with Gasteiger partial charge in [0.2, 0.25) is 0 Å². The Bertz CT molecular complexity index is 791. The van der Waals surface area contributed by atoms with Gasteiger partial charge in [0, 0.05) is 23.7 Å². The monoisotopic (exact) mass is 400 g/mol. The molecule has 0 aliphatic heterocycles. The number of fused-ring (bicyclic) bond motifs is 9. The van der Waals surface area contributed by atoms with Gasteiger partial charge >= 0.3 is 11.9 Å². The topological polar surface area (TPSA) is 86.7 Å². The molecular weight excluding hydrogens is 372 g/mol. The van der Waals surface area contributed by atoms with Gasteiger partial charge in [0.1, 0.15) is 17.2 Å². The zero-order valence-corrected chi connectivity index (χ0v) is 16.8. The van der Waals surface area contributed by atoms with Gasteiger partial charge in [-0.2, -0.15) is 0 Å². The van der Waals surface area contributed by atoms with E-state index in [2.05, 4.69) is 0 Å². The third-order valence-corrected chi connectivity index (χ3v) is 8.35. The second kappa shape index (κ2) is 6.78. The van der Waals surface area contributed by atoms with Gasteiger partial charge in [-0.1, -0.05) is 25.5 Å². The summed E-state index contributed by atoms with van der Waals surface area (Å²) in [5.41, 5.74) is -0.423. The van der Waals surface area contributed by atoms with Crippen LogP contribution in [-0.4, -0.2) is 35.7 Å². The number of hydrogen-bond acceptors (Lipinski definition) is 6. The van der Waals surface area contributed by atoms with E-state index in [0.717, 1.165) is 38.5 Å². The fraction of sp³-hybridized carbons (Fsp3) is 0.739. The molecule has 7 atom stereocenters. The van der Waals surface area contributed by atoms with Gasteiger partial charge in [-0.05, 0) is 50.4 Å².